The number of hydrogen-bond acceptors (Lipinski definition) is 8. The molecule has 9 nitrogen and oxygen atoms in total. The number of allylic oxidation sites excluding steroid dienone is 1. The number of methoxy groups -OCH3 is 1. The molecule has 0 radical (unpaired) electrons. The molecule has 2 rings (SSSR count). The number of nitriles is 1. The van der Waals surface area contributed by atoms with Crippen molar-refractivity contribution in [2.45, 2.75) is 6.92 Å². The van der Waals surface area contributed by atoms with E-state index in [9.17, 15) is 14.4 Å². The zero-order valence-electron chi connectivity index (χ0n) is 17.3. The Morgan fingerprint density at radius 2 is 1.78 bits per heavy atom. The Kier molecular flexibility index (Phi) is 8.80. The van der Waals surface area contributed by atoms with Gasteiger partial charge in [0.1, 0.15) is 11.6 Å². The van der Waals surface area contributed by atoms with Gasteiger partial charge in [-0.25, -0.2) is 4.79 Å². The molecule has 0 saturated heterocycles. The lowest BCUT2D eigenvalue weighted by Crippen LogP contribution is -2.20. The Labute approximate surface area is 192 Å². The molecular weight excluding hydrogens is 482 g/mol. The number of esters is 1. The van der Waals surface area contributed by atoms with Crippen LogP contribution in [0.3, 0.4) is 0 Å². The third kappa shape index (κ3) is 6.85. The maximum absolute atomic E-state index is 12.2. The van der Waals surface area contributed by atoms with Crippen molar-refractivity contribution >= 4 is 39.3 Å². The van der Waals surface area contributed by atoms with Crippen molar-refractivity contribution in [1.82, 2.24) is 0 Å². The molecule has 10 heteroatoms. The highest BCUT2D eigenvalue weighted by atomic mass is 79.9. The number of carbonyl (C=O) groups is 3. The molecule has 2 aromatic carbocycles. The highest BCUT2D eigenvalue weighted by Crippen LogP contribution is 2.28. The van der Waals surface area contributed by atoms with Gasteiger partial charge in [-0.1, -0.05) is 15.9 Å². The molecule has 0 fully saturated rings. The Bertz CT molecular complexity index is 1090. The SMILES string of the molecule is COc1cc(C(=O)OCC(=O)/C(C#N)=C(\C)N)ccc1OCC(=O)Nc1ccc(Br)cc1. The Balaban J connectivity index is 1.98. The van der Waals surface area contributed by atoms with E-state index in [0.717, 1.165) is 4.47 Å². The highest BCUT2D eigenvalue weighted by Gasteiger charge is 2.17. The van der Waals surface area contributed by atoms with E-state index in [0.29, 0.717) is 5.69 Å². The van der Waals surface area contributed by atoms with Gasteiger partial charge in [-0.3, -0.25) is 9.59 Å². The molecule has 2 aromatic rings. The quantitative estimate of drug-likeness (QED) is 0.303. The molecule has 3 N–H and O–H groups in total. The minimum Gasteiger partial charge on any atom is -0.493 e. The fourth-order valence-corrected chi connectivity index (χ4v) is 2.71. The molecule has 166 valence electrons. The molecule has 0 bridgehead atoms. The van der Waals surface area contributed by atoms with Gasteiger partial charge in [-0.2, -0.15) is 5.26 Å². The van der Waals surface area contributed by atoms with Crippen LogP contribution in [0.25, 0.3) is 0 Å². The number of amides is 1. The third-order valence-corrected chi connectivity index (χ3v) is 4.53. The lowest BCUT2D eigenvalue weighted by atomic mass is 10.1. The molecule has 0 aliphatic carbocycles. The second kappa shape index (κ2) is 11.5. The summed E-state index contributed by atoms with van der Waals surface area (Å²) in [5.41, 5.74) is 5.94. The fraction of sp³-hybridized carbons (Fsp3) is 0.182. The van der Waals surface area contributed by atoms with Gasteiger partial charge in [-0.05, 0) is 49.4 Å². The highest BCUT2D eigenvalue weighted by molar-refractivity contribution is 9.10. The van der Waals surface area contributed by atoms with E-state index in [-0.39, 0.29) is 40.8 Å². The van der Waals surface area contributed by atoms with Gasteiger partial charge in [-0.15, -0.1) is 0 Å². The standard InChI is InChI=1S/C22H20BrN3O6/c1-13(25)17(10-24)18(27)11-32-22(29)14-3-8-19(20(9-14)30-2)31-12-21(28)26-16-6-4-15(23)5-7-16/h3-9H,11-12,25H2,1-2H3,(H,26,28)/b17-13+. The smallest absolute Gasteiger partial charge is 0.338 e. The molecular formula is C22H20BrN3O6. The maximum atomic E-state index is 12.2. The van der Waals surface area contributed by atoms with E-state index >= 15 is 0 Å². The first-order chi connectivity index (χ1) is 15.2. The number of hydrogen-bond donors (Lipinski definition) is 2. The molecule has 0 aliphatic rings. The first-order valence-electron chi connectivity index (χ1n) is 9.18. The zero-order valence-corrected chi connectivity index (χ0v) is 18.9. The molecule has 0 atom stereocenters. The monoisotopic (exact) mass is 501 g/mol. The number of nitrogens with two attached hydrogens (primary N) is 1. The van der Waals surface area contributed by atoms with E-state index in [2.05, 4.69) is 21.2 Å². The zero-order chi connectivity index (χ0) is 23.7. The first-order valence-corrected chi connectivity index (χ1v) is 9.97. The lowest BCUT2D eigenvalue weighted by molar-refractivity contribution is -0.118. The van der Waals surface area contributed by atoms with E-state index in [1.54, 1.807) is 30.3 Å². The minimum atomic E-state index is -0.803. The summed E-state index contributed by atoms with van der Waals surface area (Å²) in [5.74, 6) is -1.46. The van der Waals surface area contributed by atoms with Crippen molar-refractivity contribution in [3.05, 3.63) is 63.8 Å². The van der Waals surface area contributed by atoms with Crippen molar-refractivity contribution < 1.29 is 28.6 Å². The van der Waals surface area contributed by atoms with Crippen molar-refractivity contribution in [1.29, 1.82) is 5.26 Å². The Morgan fingerprint density at radius 3 is 2.38 bits per heavy atom. The molecule has 0 spiro atoms. The summed E-state index contributed by atoms with van der Waals surface area (Å²) in [6.07, 6.45) is 0. The van der Waals surface area contributed by atoms with Crippen molar-refractivity contribution in [3.8, 4) is 17.6 Å². The van der Waals surface area contributed by atoms with Gasteiger partial charge in [0, 0.05) is 15.9 Å². The average Bonchev–Trinajstić information content (AvgIpc) is 2.77. The van der Waals surface area contributed by atoms with Crippen LogP contribution >= 0.6 is 15.9 Å². The average molecular weight is 502 g/mol. The number of rotatable bonds is 9. The summed E-state index contributed by atoms with van der Waals surface area (Å²) in [5, 5.41) is 11.6. The number of ketones is 1. The summed E-state index contributed by atoms with van der Waals surface area (Å²) >= 11 is 3.32. The van der Waals surface area contributed by atoms with E-state index in [1.165, 1.54) is 32.2 Å². The predicted octanol–water partition coefficient (Wildman–Crippen LogP) is 2.96. The molecule has 0 saturated carbocycles. The van der Waals surface area contributed by atoms with Crippen LogP contribution in [0, 0.1) is 11.3 Å². The number of carbonyl (C=O) groups excluding carboxylic acids is 3. The topological polar surface area (TPSA) is 141 Å². The van der Waals surface area contributed by atoms with Gasteiger partial charge in [0.05, 0.1) is 12.7 Å². The number of Topliss-reactive ketones (excluding diaryl/α,β-unsaturated/α-hetero) is 1. The van der Waals surface area contributed by atoms with Gasteiger partial charge < -0.3 is 25.3 Å². The third-order valence-electron chi connectivity index (χ3n) is 4.01. The van der Waals surface area contributed by atoms with Crippen LogP contribution < -0.4 is 20.5 Å². The van der Waals surface area contributed by atoms with Crippen LogP contribution in [-0.4, -0.2) is 38.0 Å². The van der Waals surface area contributed by atoms with Crippen molar-refractivity contribution in [2.75, 3.05) is 25.6 Å². The Morgan fingerprint density at radius 1 is 1.09 bits per heavy atom. The number of halogens is 1. The fourth-order valence-electron chi connectivity index (χ4n) is 2.44. The summed E-state index contributed by atoms with van der Waals surface area (Å²) in [7, 11) is 1.37. The molecule has 0 unspecified atom stereocenters. The number of anilines is 1. The molecule has 0 aliphatic heterocycles. The lowest BCUT2D eigenvalue weighted by Gasteiger charge is -2.12. The molecule has 32 heavy (non-hydrogen) atoms. The van der Waals surface area contributed by atoms with E-state index < -0.39 is 18.4 Å². The van der Waals surface area contributed by atoms with Gasteiger partial charge >= 0.3 is 5.97 Å². The summed E-state index contributed by atoms with van der Waals surface area (Å²) in [6, 6.07) is 12.9. The number of benzene rings is 2. The second-order valence-electron chi connectivity index (χ2n) is 6.38. The van der Waals surface area contributed by atoms with Gasteiger partial charge in [0.15, 0.2) is 24.7 Å². The van der Waals surface area contributed by atoms with Gasteiger partial charge in [0.25, 0.3) is 5.91 Å². The summed E-state index contributed by atoms with van der Waals surface area (Å²) in [4.78, 5) is 36.2. The number of ether oxygens (including phenoxy) is 3. The van der Waals surface area contributed by atoms with Crippen LogP contribution in [0.15, 0.2) is 58.2 Å². The number of nitrogens with zero attached hydrogens (tertiary/aromatic N) is 1. The Hall–Kier alpha value is -3.84. The van der Waals surface area contributed by atoms with Crippen LogP contribution in [-0.2, 0) is 14.3 Å². The van der Waals surface area contributed by atoms with Crippen LogP contribution in [0.4, 0.5) is 5.69 Å². The summed E-state index contributed by atoms with van der Waals surface area (Å²) < 4.78 is 16.5. The molecule has 0 heterocycles. The first kappa shape index (κ1) is 24.4. The summed E-state index contributed by atoms with van der Waals surface area (Å²) in [6.45, 7) is 0.487. The second-order valence-corrected chi connectivity index (χ2v) is 7.29. The van der Waals surface area contributed by atoms with Crippen LogP contribution in [0.2, 0.25) is 0 Å². The van der Waals surface area contributed by atoms with E-state index in [4.69, 9.17) is 25.2 Å². The minimum absolute atomic E-state index is 0.0425. The largest absolute Gasteiger partial charge is 0.493 e. The van der Waals surface area contributed by atoms with Crippen LogP contribution in [0.5, 0.6) is 11.5 Å². The normalized spacial score (nSPS) is 10.9. The van der Waals surface area contributed by atoms with E-state index in [1.807, 2.05) is 0 Å². The molecule has 1 amide bonds. The van der Waals surface area contributed by atoms with Crippen LogP contribution in [0.1, 0.15) is 17.3 Å². The van der Waals surface area contributed by atoms with Crippen molar-refractivity contribution in [3.63, 3.8) is 0 Å². The molecule has 0 aromatic heterocycles. The van der Waals surface area contributed by atoms with Gasteiger partial charge in [0.2, 0.25) is 5.78 Å². The van der Waals surface area contributed by atoms with Crippen molar-refractivity contribution in [2.24, 2.45) is 5.73 Å². The predicted molar refractivity (Wildman–Crippen MR) is 119 cm³/mol. The number of nitrogens with one attached hydrogen (secondary N) is 1. The maximum Gasteiger partial charge on any atom is 0.338 e.